The molecule has 0 radical (unpaired) electrons. The van der Waals surface area contributed by atoms with Crippen LogP contribution in [0.4, 0.5) is 10.2 Å². The van der Waals surface area contributed by atoms with Crippen molar-refractivity contribution in [3.8, 4) is 5.75 Å². The van der Waals surface area contributed by atoms with E-state index in [1.54, 1.807) is 12.3 Å². The summed E-state index contributed by atoms with van der Waals surface area (Å²) < 4.78 is 19.4. The maximum atomic E-state index is 13.7. The molecular formula is C21H23ClFN3O2. The van der Waals surface area contributed by atoms with Crippen LogP contribution in [0.5, 0.6) is 5.75 Å². The molecule has 1 aromatic heterocycles. The molecule has 2 aromatic rings. The summed E-state index contributed by atoms with van der Waals surface area (Å²) in [7, 11) is 0. The molecule has 0 bridgehead atoms. The number of carbonyl (C=O) groups is 1. The van der Waals surface area contributed by atoms with Crippen LogP contribution >= 0.6 is 11.6 Å². The first-order chi connectivity index (χ1) is 13.6. The largest absolute Gasteiger partial charge is 0.493 e. The lowest BCUT2D eigenvalue weighted by Crippen LogP contribution is -2.41. The van der Waals surface area contributed by atoms with Crippen molar-refractivity contribution >= 4 is 23.3 Å². The minimum atomic E-state index is -0.313. The Hall–Kier alpha value is -2.34. The van der Waals surface area contributed by atoms with Crippen LogP contribution in [-0.2, 0) is 4.79 Å². The van der Waals surface area contributed by atoms with Gasteiger partial charge in [0, 0.05) is 30.8 Å². The molecule has 0 aliphatic carbocycles. The first-order valence-corrected chi connectivity index (χ1v) is 10.1. The Balaban J connectivity index is 1.38. The SMILES string of the molecule is O=C(N[C@H]1CCCOc2ccc(F)cc21)C1CCN(c2ccc(Cl)cn2)CC1. The van der Waals surface area contributed by atoms with E-state index < -0.39 is 0 Å². The quantitative estimate of drug-likeness (QED) is 0.837. The Morgan fingerprint density at radius 3 is 2.79 bits per heavy atom. The Morgan fingerprint density at radius 2 is 2.04 bits per heavy atom. The number of nitrogens with one attached hydrogen (secondary N) is 1. The molecule has 4 rings (SSSR count). The lowest BCUT2D eigenvalue weighted by atomic mass is 9.94. The highest BCUT2D eigenvalue weighted by molar-refractivity contribution is 6.30. The fourth-order valence-electron chi connectivity index (χ4n) is 3.91. The molecule has 1 atom stereocenters. The van der Waals surface area contributed by atoms with Crippen molar-refractivity contribution in [2.24, 2.45) is 5.92 Å². The lowest BCUT2D eigenvalue weighted by Gasteiger charge is -2.33. The van der Waals surface area contributed by atoms with Crippen LogP contribution in [0.3, 0.4) is 0 Å². The second-order valence-electron chi connectivity index (χ2n) is 7.33. The second kappa shape index (κ2) is 8.35. The van der Waals surface area contributed by atoms with Gasteiger partial charge in [-0.2, -0.15) is 0 Å². The van der Waals surface area contributed by atoms with Gasteiger partial charge in [0.05, 0.1) is 17.7 Å². The topological polar surface area (TPSA) is 54.5 Å². The Labute approximate surface area is 168 Å². The van der Waals surface area contributed by atoms with Crippen LogP contribution in [0, 0.1) is 11.7 Å². The number of hydrogen-bond acceptors (Lipinski definition) is 4. The number of rotatable bonds is 3. The number of anilines is 1. The van der Waals surface area contributed by atoms with Gasteiger partial charge in [-0.05, 0) is 56.0 Å². The average Bonchev–Trinajstić information content (AvgIpc) is 2.91. The predicted octanol–water partition coefficient (Wildman–Crippen LogP) is 4.12. The minimum Gasteiger partial charge on any atom is -0.493 e. The van der Waals surface area contributed by atoms with Gasteiger partial charge in [-0.1, -0.05) is 11.6 Å². The summed E-state index contributed by atoms with van der Waals surface area (Å²) in [5, 5.41) is 3.75. The van der Waals surface area contributed by atoms with E-state index in [0.29, 0.717) is 17.4 Å². The molecule has 1 fully saturated rings. The van der Waals surface area contributed by atoms with E-state index in [4.69, 9.17) is 16.3 Å². The summed E-state index contributed by atoms with van der Waals surface area (Å²) in [6, 6.07) is 8.03. The van der Waals surface area contributed by atoms with E-state index in [9.17, 15) is 9.18 Å². The third-order valence-corrected chi connectivity index (χ3v) is 5.68. The van der Waals surface area contributed by atoms with Crippen LogP contribution in [0.15, 0.2) is 36.5 Å². The van der Waals surface area contributed by atoms with Gasteiger partial charge in [-0.3, -0.25) is 4.79 Å². The Kier molecular flexibility index (Phi) is 5.67. The van der Waals surface area contributed by atoms with E-state index in [0.717, 1.165) is 50.2 Å². The van der Waals surface area contributed by atoms with E-state index in [1.807, 2.05) is 12.1 Å². The molecule has 1 saturated heterocycles. The number of amides is 1. The van der Waals surface area contributed by atoms with Gasteiger partial charge in [0.25, 0.3) is 0 Å². The van der Waals surface area contributed by atoms with Crippen molar-refractivity contribution in [2.45, 2.75) is 31.7 Å². The third kappa shape index (κ3) is 4.22. The first kappa shape index (κ1) is 19.0. The standard InChI is InChI=1S/C21H23ClFN3O2/c22-15-3-6-20(24-13-15)26-9-7-14(8-10-26)21(27)25-18-2-1-11-28-19-5-4-16(23)12-17(18)19/h3-6,12-14,18H,1-2,7-11H2,(H,25,27)/t18-/m0/s1. The minimum absolute atomic E-state index is 0.0332. The summed E-state index contributed by atoms with van der Waals surface area (Å²) in [5.41, 5.74) is 0.730. The number of pyridine rings is 1. The molecular weight excluding hydrogens is 381 g/mol. The van der Waals surface area contributed by atoms with Gasteiger partial charge in [0.1, 0.15) is 17.4 Å². The number of hydrogen-bond donors (Lipinski definition) is 1. The molecule has 0 spiro atoms. The molecule has 3 heterocycles. The van der Waals surface area contributed by atoms with Gasteiger partial charge in [-0.15, -0.1) is 0 Å². The van der Waals surface area contributed by atoms with Gasteiger partial charge in [0.2, 0.25) is 5.91 Å². The van der Waals surface area contributed by atoms with Crippen LogP contribution in [0.25, 0.3) is 0 Å². The summed E-state index contributed by atoms with van der Waals surface area (Å²) in [6.45, 7) is 2.12. The van der Waals surface area contributed by atoms with Crippen molar-refractivity contribution in [1.82, 2.24) is 10.3 Å². The Bertz CT molecular complexity index is 838. The van der Waals surface area contributed by atoms with Crippen LogP contribution in [0.2, 0.25) is 5.02 Å². The van der Waals surface area contributed by atoms with E-state index in [1.165, 1.54) is 12.1 Å². The number of ether oxygens (including phenoxy) is 1. The van der Waals surface area contributed by atoms with Crippen molar-refractivity contribution in [1.29, 1.82) is 0 Å². The van der Waals surface area contributed by atoms with E-state index in [2.05, 4.69) is 15.2 Å². The predicted molar refractivity (Wildman–Crippen MR) is 106 cm³/mol. The van der Waals surface area contributed by atoms with Crippen LogP contribution in [-0.4, -0.2) is 30.6 Å². The zero-order chi connectivity index (χ0) is 19.5. The van der Waals surface area contributed by atoms with Crippen molar-refractivity contribution < 1.29 is 13.9 Å². The monoisotopic (exact) mass is 403 g/mol. The fourth-order valence-corrected chi connectivity index (χ4v) is 4.03. The molecule has 28 heavy (non-hydrogen) atoms. The molecule has 2 aliphatic heterocycles. The number of halogens is 2. The van der Waals surface area contributed by atoms with E-state index >= 15 is 0 Å². The fraction of sp³-hybridized carbons (Fsp3) is 0.429. The smallest absolute Gasteiger partial charge is 0.223 e. The number of aromatic nitrogens is 1. The molecule has 5 nitrogen and oxygen atoms in total. The first-order valence-electron chi connectivity index (χ1n) is 9.69. The number of nitrogens with zero attached hydrogens (tertiary/aromatic N) is 2. The number of carbonyl (C=O) groups excluding carboxylic acids is 1. The number of piperidine rings is 1. The summed E-state index contributed by atoms with van der Waals surface area (Å²) >= 11 is 5.90. The Morgan fingerprint density at radius 1 is 1.21 bits per heavy atom. The molecule has 2 aliphatic rings. The van der Waals surface area contributed by atoms with Gasteiger partial charge < -0.3 is 15.0 Å². The van der Waals surface area contributed by atoms with Gasteiger partial charge in [-0.25, -0.2) is 9.37 Å². The third-order valence-electron chi connectivity index (χ3n) is 5.46. The zero-order valence-corrected chi connectivity index (χ0v) is 16.3. The highest BCUT2D eigenvalue weighted by Gasteiger charge is 2.29. The molecule has 7 heteroatoms. The van der Waals surface area contributed by atoms with Crippen LogP contribution in [0.1, 0.15) is 37.3 Å². The number of benzene rings is 1. The maximum absolute atomic E-state index is 13.7. The molecule has 1 N–H and O–H groups in total. The molecule has 1 aromatic carbocycles. The molecule has 1 amide bonds. The zero-order valence-electron chi connectivity index (χ0n) is 15.5. The van der Waals surface area contributed by atoms with Crippen molar-refractivity contribution in [3.63, 3.8) is 0 Å². The van der Waals surface area contributed by atoms with Crippen molar-refractivity contribution in [2.75, 3.05) is 24.6 Å². The van der Waals surface area contributed by atoms with Crippen LogP contribution < -0.4 is 15.0 Å². The normalized spacial score (nSPS) is 20.1. The summed E-state index contributed by atoms with van der Waals surface area (Å²) in [5.74, 6) is 1.21. The lowest BCUT2D eigenvalue weighted by molar-refractivity contribution is -0.126. The van der Waals surface area contributed by atoms with Gasteiger partial charge in [0.15, 0.2) is 0 Å². The number of fused-ring (bicyclic) bond motifs is 1. The second-order valence-corrected chi connectivity index (χ2v) is 7.77. The van der Waals surface area contributed by atoms with Gasteiger partial charge >= 0.3 is 0 Å². The van der Waals surface area contributed by atoms with E-state index in [-0.39, 0.29) is 23.7 Å². The highest BCUT2D eigenvalue weighted by atomic mass is 35.5. The molecule has 0 unspecified atom stereocenters. The molecule has 148 valence electrons. The maximum Gasteiger partial charge on any atom is 0.223 e. The molecule has 0 saturated carbocycles. The van der Waals surface area contributed by atoms with Crippen molar-refractivity contribution in [3.05, 3.63) is 52.9 Å². The highest BCUT2D eigenvalue weighted by Crippen LogP contribution is 2.33. The summed E-state index contributed by atoms with van der Waals surface area (Å²) in [4.78, 5) is 19.4. The summed E-state index contributed by atoms with van der Waals surface area (Å²) in [6.07, 6.45) is 4.72. The average molecular weight is 404 g/mol.